The Kier molecular flexibility index (Phi) is 3.79. The lowest BCUT2D eigenvalue weighted by Gasteiger charge is -2.32. The van der Waals surface area contributed by atoms with Gasteiger partial charge in [0.1, 0.15) is 5.82 Å². The van der Waals surface area contributed by atoms with Crippen molar-refractivity contribution in [3.63, 3.8) is 0 Å². The number of hydrogen-bond donors (Lipinski definition) is 1. The van der Waals surface area contributed by atoms with Crippen molar-refractivity contribution in [3.8, 4) is 0 Å². The van der Waals surface area contributed by atoms with E-state index in [9.17, 15) is 4.79 Å². The Bertz CT molecular complexity index is 473. The van der Waals surface area contributed by atoms with Crippen molar-refractivity contribution in [2.75, 3.05) is 44.3 Å². The third-order valence-corrected chi connectivity index (χ3v) is 3.91. The van der Waals surface area contributed by atoms with E-state index in [-0.39, 0.29) is 5.69 Å². The van der Waals surface area contributed by atoms with Gasteiger partial charge in [-0.1, -0.05) is 0 Å². The zero-order chi connectivity index (χ0) is 13.9. The molecule has 0 saturated carbocycles. The van der Waals surface area contributed by atoms with Crippen LogP contribution in [-0.4, -0.2) is 71.4 Å². The van der Waals surface area contributed by atoms with Crippen LogP contribution < -0.4 is 4.90 Å². The van der Waals surface area contributed by atoms with E-state index in [0.717, 1.165) is 51.6 Å². The number of nitrogens with zero attached hydrogens (tertiary/aromatic N) is 4. The maximum absolute atomic E-state index is 10.8. The number of aromatic nitrogens is 2. The molecule has 2 saturated heterocycles. The second-order valence-electron chi connectivity index (χ2n) is 5.10. The van der Waals surface area contributed by atoms with Crippen LogP contribution in [0.1, 0.15) is 16.9 Å². The number of aromatic carboxylic acids is 1. The van der Waals surface area contributed by atoms with Gasteiger partial charge in [-0.3, -0.25) is 4.90 Å². The first-order chi connectivity index (χ1) is 9.74. The number of carboxylic acid groups (broad SMARTS) is 1. The van der Waals surface area contributed by atoms with Gasteiger partial charge in [0.25, 0.3) is 0 Å². The molecule has 20 heavy (non-hydrogen) atoms. The molecule has 0 aliphatic carbocycles. The van der Waals surface area contributed by atoms with Crippen LogP contribution in [0.2, 0.25) is 0 Å². The van der Waals surface area contributed by atoms with Gasteiger partial charge in [-0.25, -0.2) is 14.8 Å². The second kappa shape index (κ2) is 5.72. The van der Waals surface area contributed by atoms with Gasteiger partial charge in [-0.15, -0.1) is 0 Å². The molecule has 0 spiro atoms. The maximum atomic E-state index is 10.8. The molecule has 0 aromatic carbocycles. The lowest BCUT2D eigenvalue weighted by atomic mass is 10.2. The van der Waals surface area contributed by atoms with Gasteiger partial charge in [0.2, 0.25) is 0 Å². The van der Waals surface area contributed by atoms with Crippen LogP contribution in [-0.2, 0) is 4.74 Å². The molecule has 2 aliphatic heterocycles. The number of anilines is 1. The SMILES string of the molecule is O=C(O)c1cnc(N2CCC(N3CCOCC3)C2)cn1. The number of ether oxygens (including phenoxy) is 1. The number of carboxylic acids is 1. The molecule has 7 nitrogen and oxygen atoms in total. The van der Waals surface area contributed by atoms with Gasteiger partial charge in [-0.05, 0) is 6.42 Å². The predicted octanol–water partition coefficient (Wildman–Crippen LogP) is 0.0857. The highest BCUT2D eigenvalue weighted by Gasteiger charge is 2.29. The fourth-order valence-electron chi connectivity index (χ4n) is 2.79. The molecule has 0 amide bonds. The molecule has 1 aromatic rings. The topological polar surface area (TPSA) is 78.8 Å². The third kappa shape index (κ3) is 2.73. The van der Waals surface area contributed by atoms with E-state index >= 15 is 0 Å². The quantitative estimate of drug-likeness (QED) is 0.839. The Balaban J connectivity index is 1.62. The number of hydrogen-bond acceptors (Lipinski definition) is 6. The van der Waals surface area contributed by atoms with Gasteiger partial charge in [-0.2, -0.15) is 0 Å². The van der Waals surface area contributed by atoms with Crippen LogP contribution in [0.25, 0.3) is 0 Å². The van der Waals surface area contributed by atoms with Gasteiger partial charge < -0.3 is 14.7 Å². The first kappa shape index (κ1) is 13.3. The van der Waals surface area contributed by atoms with Crippen LogP contribution in [0.4, 0.5) is 5.82 Å². The van der Waals surface area contributed by atoms with Crippen LogP contribution in [0.3, 0.4) is 0 Å². The molecule has 2 fully saturated rings. The minimum atomic E-state index is -1.04. The summed E-state index contributed by atoms with van der Waals surface area (Å²) in [6.45, 7) is 5.45. The second-order valence-corrected chi connectivity index (χ2v) is 5.10. The molecule has 2 aliphatic rings. The van der Waals surface area contributed by atoms with Gasteiger partial charge in [0, 0.05) is 32.2 Å². The van der Waals surface area contributed by atoms with Crippen LogP contribution in [0, 0.1) is 0 Å². The normalized spacial score (nSPS) is 24.0. The van der Waals surface area contributed by atoms with E-state index in [0.29, 0.717) is 6.04 Å². The molecule has 0 bridgehead atoms. The highest BCUT2D eigenvalue weighted by atomic mass is 16.5. The summed E-state index contributed by atoms with van der Waals surface area (Å²) >= 11 is 0. The Morgan fingerprint density at radius 3 is 2.70 bits per heavy atom. The Morgan fingerprint density at radius 1 is 1.25 bits per heavy atom. The fraction of sp³-hybridized carbons (Fsp3) is 0.615. The van der Waals surface area contributed by atoms with Crippen molar-refractivity contribution in [1.82, 2.24) is 14.9 Å². The largest absolute Gasteiger partial charge is 0.476 e. The summed E-state index contributed by atoms with van der Waals surface area (Å²) in [6, 6.07) is 0.528. The lowest BCUT2D eigenvalue weighted by Crippen LogP contribution is -2.44. The molecule has 1 aromatic heterocycles. The summed E-state index contributed by atoms with van der Waals surface area (Å²) in [5.74, 6) is -0.289. The predicted molar refractivity (Wildman–Crippen MR) is 72.0 cm³/mol. The fourth-order valence-corrected chi connectivity index (χ4v) is 2.79. The van der Waals surface area contributed by atoms with E-state index in [1.807, 2.05) is 0 Å². The zero-order valence-electron chi connectivity index (χ0n) is 11.2. The van der Waals surface area contributed by atoms with E-state index < -0.39 is 5.97 Å². The summed E-state index contributed by atoms with van der Waals surface area (Å²) in [5.41, 5.74) is -0.0160. The van der Waals surface area contributed by atoms with E-state index in [4.69, 9.17) is 9.84 Å². The van der Waals surface area contributed by atoms with Crippen LogP contribution in [0.15, 0.2) is 12.4 Å². The molecule has 1 N–H and O–H groups in total. The minimum Gasteiger partial charge on any atom is -0.476 e. The molecule has 0 radical (unpaired) electrons. The van der Waals surface area contributed by atoms with E-state index in [1.165, 1.54) is 6.20 Å². The van der Waals surface area contributed by atoms with Crippen molar-refractivity contribution in [2.24, 2.45) is 0 Å². The molecule has 3 heterocycles. The average molecular weight is 278 g/mol. The van der Waals surface area contributed by atoms with Crippen molar-refractivity contribution in [3.05, 3.63) is 18.1 Å². The van der Waals surface area contributed by atoms with Crippen molar-refractivity contribution < 1.29 is 14.6 Å². The average Bonchev–Trinajstić information content (AvgIpc) is 2.98. The van der Waals surface area contributed by atoms with Gasteiger partial charge >= 0.3 is 5.97 Å². The summed E-state index contributed by atoms with van der Waals surface area (Å²) in [6.07, 6.45) is 3.97. The molecule has 1 unspecified atom stereocenters. The highest BCUT2D eigenvalue weighted by Crippen LogP contribution is 2.21. The molecular formula is C13H18N4O3. The number of morpholine rings is 1. The highest BCUT2D eigenvalue weighted by molar-refractivity contribution is 5.84. The summed E-state index contributed by atoms with van der Waals surface area (Å²) in [5, 5.41) is 8.82. The Hall–Kier alpha value is -1.73. The Morgan fingerprint density at radius 2 is 2.05 bits per heavy atom. The first-order valence-corrected chi connectivity index (χ1v) is 6.86. The van der Waals surface area contributed by atoms with Gasteiger partial charge in [0.05, 0.1) is 25.6 Å². The molecular weight excluding hydrogens is 260 g/mol. The number of rotatable bonds is 3. The third-order valence-electron chi connectivity index (χ3n) is 3.91. The van der Waals surface area contributed by atoms with Crippen LogP contribution >= 0.6 is 0 Å². The smallest absolute Gasteiger partial charge is 0.356 e. The van der Waals surface area contributed by atoms with Crippen LogP contribution in [0.5, 0.6) is 0 Å². The molecule has 7 heteroatoms. The summed E-state index contributed by atoms with van der Waals surface area (Å²) in [4.78, 5) is 23.5. The first-order valence-electron chi connectivity index (χ1n) is 6.86. The number of carbonyl (C=O) groups is 1. The van der Waals surface area contributed by atoms with E-state index in [1.54, 1.807) is 6.20 Å². The monoisotopic (exact) mass is 278 g/mol. The molecule has 3 rings (SSSR count). The van der Waals surface area contributed by atoms with Crippen molar-refractivity contribution >= 4 is 11.8 Å². The van der Waals surface area contributed by atoms with Gasteiger partial charge in [0.15, 0.2) is 5.69 Å². The zero-order valence-corrected chi connectivity index (χ0v) is 11.2. The molecule has 1 atom stereocenters. The van der Waals surface area contributed by atoms with E-state index in [2.05, 4.69) is 19.8 Å². The summed E-state index contributed by atoms with van der Waals surface area (Å²) in [7, 11) is 0. The maximum Gasteiger partial charge on any atom is 0.356 e. The van der Waals surface area contributed by atoms with Crippen molar-refractivity contribution in [1.29, 1.82) is 0 Å². The standard InChI is InChI=1S/C13H18N4O3/c18-13(19)11-7-15-12(8-14-11)17-2-1-10(9-17)16-3-5-20-6-4-16/h7-8,10H,1-6,9H2,(H,18,19). The molecule has 108 valence electrons. The minimum absolute atomic E-state index is 0.0160. The lowest BCUT2D eigenvalue weighted by molar-refractivity contribution is 0.0209. The summed E-state index contributed by atoms with van der Waals surface area (Å²) < 4.78 is 5.37. The Labute approximate surface area is 117 Å². The van der Waals surface area contributed by atoms with Crippen molar-refractivity contribution in [2.45, 2.75) is 12.5 Å².